The number of nitrogen functional groups attached to an aromatic ring is 1. The van der Waals surface area contributed by atoms with Crippen LogP contribution in [0.2, 0.25) is 10.0 Å². The molecule has 0 unspecified atom stereocenters. The molecular formula is C11H10Cl2N4. The number of anilines is 1. The Kier molecular flexibility index (Phi) is 3.47. The summed E-state index contributed by atoms with van der Waals surface area (Å²) in [6.07, 6.45) is 0. The molecule has 0 saturated heterocycles. The Bertz CT molecular complexity index is 557. The molecule has 0 fully saturated rings. The molecule has 2 rings (SSSR count). The van der Waals surface area contributed by atoms with Gasteiger partial charge < -0.3 is 5.43 Å². The number of rotatable bonds is 2. The van der Waals surface area contributed by atoms with Gasteiger partial charge in [-0.05, 0) is 25.1 Å². The second-order valence-electron chi connectivity index (χ2n) is 3.49. The predicted molar refractivity (Wildman–Crippen MR) is 70.0 cm³/mol. The molecule has 0 radical (unpaired) electrons. The van der Waals surface area contributed by atoms with E-state index in [2.05, 4.69) is 15.4 Å². The van der Waals surface area contributed by atoms with Crippen LogP contribution in [0.25, 0.3) is 11.4 Å². The first-order chi connectivity index (χ1) is 8.10. The number of nitrogens with two attached hydrogens (primary N) is 1. The largest absolute Gasteiger partial charge is 0.308 e. The van der Waals surface area contributed by atoms with Crippen LogP contribution in [0.3, 0.4) is 0 Å². The lowest BCUT2D eigenvalue weighted by molar-refractivity contribution is 1.09. The molecule has 88 valence electrons. The topological polar surface area (TPSA) is 63.8 Å². The molecule has 0 aliphatic heterocycles. The molecule has 17 heavy (non-hydrogen) atoms. The van der Waals surface area contributed by atoms with Crippen molar-refractivity contribution in [2.24, 2.45) is 5.84 Å². The molecule has 0 amide bonds. The summed E-state index contributed by atoms with van der Waals surface area (Å²) in [7, 11) is 0. The number of hydrazine groups is 1. The molecule has 1 aromatic carbocycles. The summed E-state index contributed by atoms with van der Waals surface area (Å²) >= 11 is 11.9. The first kappa shape index (κ1) is 12.1. The molecule has 0 aliphatic rings. The van der Waals surface area contributed by atoms with Crippen LogP contribution in [0.4, 0.5) is 5.82 Å². The van der Waals surface area contributed by atoms with E-state index in [0.717, 1.165) is 11.3 Å². The van der Waals surface area contributed by atoms with Gasteiger partial charge in [-0.25, -0.2) is 15.8 Å². The van der Waals surface area contributed by atoms with Gasteiger partial charge in [-0.1, -0.05) is 23.2 Å². The maximum absolute atomic E-state index is 6.10. The second-order valence-corrected chi connectivity index (χ2v) is 4.33. The Balaban J connectivity index is 2.55. The minimum atomic E-state index is 0.506. The number of nitrogens with zero attached hydrogens (tertiary/aromatic N) is 2. The number of benzene rings is 1. The van der Waals surface area contributed by atoms with Gasteiger partial charge in [0.05, 0.1) is 5.02 Å². The van der Waals surface area contributed by atoms with E-state index >= 15 is 0 Å². The molecule has 6 heteroatoms. The van der Waals surface area contributed by atoms with Crippen LogP contribution in [-0.2, 0) is 0 Å². The van der Waals surface area contributed by atoms with Crippen molar-refractivity contribution in [3.63, 3.8) is 0 Å². The van der Waals surface area contributed by atoms with Crippen molar-refractivity contribution in [3.8, 4) is 11.4 Å². The summed E-state index contributed by atoms with van der Waals surface area (Å²) in [5, 5.41) is 1.08. The van der Waals surface area contributed by atoms with Crippen molar-refractivity contribution in [3.05, 3.63) is 40.0 Å². The van der Waals surface area contributed by atoms with Crippen molar-refractivity contribution in [1.29, 1.82) is 0 Å². The van der Waals surface area contributed by atoms with E-state index in [4.69, 9.17) is 29.0 Å². The van der Waals surface area contributed by atoms with E-state index in [1.54, 1.807) is 24.3 Å². The van der Waals surface area contributed by atoms with E-state index in [9.17, 15) is 0 Å². The maximum atomic E-state index is 6.10. The highest BCUT2D eigenvalue weighted by molar-refractivity contribution is 6.36. The monoisotopic (exact) mass is 268 g/mol. The van der Waals surface area contributed by atoms with Gasteiger partial charge in [0, 0.05) is 22.3 Å². The Morgan fingerprint density at radius 1 is 1.18 bits per heavy atom. The highest BCUT2D eigenvalue weighted by atomic mass is 35.5. The van der Waals surface area contributed by atoms with Crippen molar-refractivity contribution in [1.82, 2.24) is 9.97 Å². The summed E-state index contributed by atoms with van der Waals surface area (Å²) in [4.78, 5) is 8.55. The third-order valence-electron chi connectivity index (χ3n) is 2.17. The highest BCUT2D eigenvalue weighted by Gasteiger charge is 2.09. The molecule has 1 heterocycles. The van der Waals surface area contributed by atoms with Crippen LogP contribution in [0.15, 0.2) is 24.3 Å². The fourth-order valence-corrected chi connectivity index (χ4v) is 1.93. The van der Waals surface area contributed by atoms with Gasteiger partial charge >= 0.3 is 0 Å². The molecule has 0 atom stereocenters. The van der Waals surface area contributed by atoms with Gasteiger partial charge in [-0.15, -0.1) is 0 Å². The van der Waals surface area contributed by atoms with Crippen molar-refractivity contribution in [2.45, 2.75) is 6.92 Å². The summed E-state index contributed by atoms with van der Waals surface area (Å²) in [5.41, 5.74) is 4.01. The zero-order valence-corrected chi connectivity index (χ0v) is 10.5. The summed E-state index contributed by atoms with van der Waals surface area (Å²) in [6, 6.07) is 6.91. The third kappa shape index (κ3) is 2.66. The third-order valence-corrected chi connectivity index (χ3v) is 2.72. The molecule has 2 aromatic rings. The number of hydrogen-bond donors (Lipinski definition) is 2. The Morgan fingerprint density at radius 3 is 2.59 bits per heavy atom. The molecule has 0 spiro atoms. The average Bonchev–Trinajstić information content (AvgIpc) is 2.28. The molecule has 0 bridgehead atoms. The summed E-state index contributed by atoms with van der Waals surface area (Å²) in [5.74, 6) is 6.39. The zero-order chi connectivity index (χ0) is 12.4. The van der Waals surface area contributed by atoms with E-state index in [0.29, 0.717) is 21.7 Å². The quantitative estimate of drug-likeness (QED) is 0.649. The normalized spacial score (nSPS) is 10.4. The average molecular weight is 269 g/mol. The van der Waals surface area contributed by atoms with Crippen LogP contribution in [0, 0.1) is 6.92 Å². The molecule has 0 aliphatic carbocycles. The Hall–Kier alpha value is -1.36. The standard InChI is InChI=1S/C11H10Cl2N4/c1-6-4-10(17-14)16-11(15-6)8-3-2-7(12)5-9(8)13/h2-5H,14H2,1H3,(H,15,16,17). The van der Waals surface area contributed by atoms with Crippen molar-refractivity contribution >= 4 is 29.0 Å². The number of aryl methyl sites for hydroxylation is 1. The number of aromatic nitrogens is 2. The van der Waals surface area contributed by atoms with Crippen LogP contribution >= 0.6 is 23.2 Å². The molecule has 4 nitrogen and oxygen atoms in total. The van der Waals surface area contributed by atoms with Gasteiger partial charge in [-0.2, -0.15) is 0 Å². The SMILES string of the molecule is Cc1cc(NN)nc(-c2ccc(Cl)cc2Cl)n1. The number of hydrogen-bond acceptors (Lipinski definition) is 4. The first-order valence-corrected chi connectivity index (χ1v) is 5.63. The second kappa shape index (κ2) is 4.87. The van der Waals surface area contributed by atoms with E-state index in [1.807, 2.05) is 6.92 Å². The lowest BCUT2D eigenvalue weighted by Crippen LogP contribution is -2.10. The van der Waals surface area contributed by atoms with Crippen LogP contribution in [0.5, 0.6) is 0 Å². The molecule has 3 N–H and O–H groups in total. The molecular weight excluding hydrogens is 259 g/mol. The molecule has 1 aromatic heterocycles. The smallest absolute Gasteiger partial charge is 0.163 e. The van der Waals surface area contributed by atoms with Gasteiger partial charge in [0.25, 0.3) is 0 Å². The lowest BCUT2D eigenvalue weighted by Gasteiger charge is -2.07. The van der Waals surface area contributed by atoms with Crippen LogP contribution < -0.4 is 11.3 Å². The van der Waals surface area contributed by atoms with Gasteiger partial charge in [0.1, 0.15) is 5.82 Å². The fraction of sp³-hybridized carbons (Fsp3) is 0.0909. The first-order valence-electron chi connectivity index (χ1n) is 4.88. The summed E-state index contributed by atoms with van der Waals surface area (Å²) < 4.78 is 0. The van der Waals surface area contributed by atoms with Crippen molar-refractivity contribution < 1.29 is 0 Å². The zero-order valence-electron chi connectivity index (χ0n) is 9.04. The van der Waals surface area contributed by atoms with Gasteiger partial charge in [0.15, 0.2) is 5.82 Å². The van der Waals surface area contributed by atoms with Crippen molar-refractivity contribution in [2.75, 3.05) is 5.43 Å². The van der Waals surface area contributed by atoms with E-state index in [1.165, 1.54) is 0 Å². The Morgan fingerprint density at radius 2 is 1.94 bits per heavy atom. The highest BCUT2D eigenvalue weighted by Crippen LogP contribution is 2.28. The minimum Gasteiger partial charge on any atom is -0.308 e. The van der Waals surface area contributed by atoms with Gasteiger partial charge in [-0.3, -0.25) is 0 Å². The maximum Gasteiger partial charge on any atom is 0.163 e. The fourth-order valence-electron chi connectivity index (χ4n) is 1.43. The number of halogens is 2. The summed E-state index contributed by atoms with van der Waals surface area (Å²) in [6.45, 7) is 1.86. The van der Waals surface area contributed by atoms with Gasteiger partial charge in [0.2, 0.25) is 0 Å². The molecule has 0 saturated carbocycles. The predicted octanol–water partition coefficient (Wildman–Crippen LogP) is 3.04. The lowest BCUT2D eigenvalue weighted by atomic mass is 10.2. The van der Waals surface area contributed by atoms with Crippen LogP contribution in [0.1, 0.15) is 5.69 Å². The number of nitrogens with one attached hydrogen (secondary N) is 1. The van der Waals surface area contributed by atoms with E-state index in [-0.39, 0.29) is 0 Å². The van der Waals surface area contributed by atoms with Crippen LogP contribution in [-0.4, -0.2) is 9.97 Å². The van der Waals surface area contributed by atoms with E-state index < -0.39 is 0 Å². The Labute approximate surface area is 109 Å². The minimum absolute atomic E-state index is 0.506.